The van der Waals surface area contributed by atoms with Gasteiger partial charge in [-0.25, -0.2) is 0 Å². The lowest BCUT2D eigenvalue weighted by molar-refractivity contribution is 0.336. The lowest BCUT2D eigenvalue weighted by atomic mass is 10.2. The Kier molecular flexibility index (Phi) is 7.98. The first-order valence-electron chi connectivity index (χ1n) is 3.01. The highest BCUT2D eigenvalue weighted by atomic mass is 35.5. The molecule has 2 heteroatoms. The fourth-order valence-corrected chi connectivity index (χ4v) is 0.743. The minimum absolute atomic E-state index is 0. The molecule has 0 aromatic carbocycles. The van der Waals surface area contributed by atoms with Gasteiger partial charge in [0.1, 0.15) is 0 Å². The van der Waals surface area contributed by atoms with Gasteiger partial charge in [-0.2, -0.15) is 0 Å². The van der Waals surface area contributed by atoms with Crippen molar-refractivity contribution in [1.82, 2.24) is 4.90 Å². The normalized spacial score (nSPS) is 12.4. The number of hydrogen-bond acceptors (Lipinski definition) is 1. The number of hydrogen-bond donors (Lipinski definition) is 0. The molecule has 1 unspecified atom stereocenters. The van der Waals surface area contributed by atoms with Crippen LogP contribution in [0.4, 0.5) is 0 Å². The van der Waals surface area contributed by atoms with Crippen LogP contribution < -0.4 is 0 Å². The van der Waals surface area contributed by atoms with Gasteiger partial charge in [0.05, 0.1) is 0 Å². The molecule has 0 radical (unpaired) electrons. The highest BCUT2D eigenvalue weighted by molar-refractivity contribution is 5.85. The van der Waals surface area contributed by atoms with Crippen molar-refractivity contribution in [2.24, 2.45) is 0 Å². The summed E-state index contributed by atoms with van der Waals surface area (Å²) < 4.78 is 0. The molecule has 1 atom stereocenters. The van der Waals surface area contributed by atoms with E-state index in [1.54, 1.807) is 0 Å². The zero-order valence-electron chi connectivity index (χ0n) is 6.42. The van der Waals surface area contributed by atoms with Crippen LogP contribution in [-0.4, -0.2) is 25.0 Å². The Morgan fingerprint density at radius 1 is 1.56 bits per heavy atom. The second kappa shape index (κ2) is 6.12. The fraction of sp³-hybridized carbons (Fsp3) is 0.714. The molecule has 0 fully saturated rings. The van der Waals surface area contributed by atoms with Gasteiger partial charge in [-0.1, -0.05) is 13.0 Å². The van der Waals surface area contributed by atoms with Gasteiger partial charge in [0, 0.05) is 6.04 Å². The van der Waals surface area contributed by atoms with Crippen LogP contribution in [0.2, 0.25) is 0 Å². The van der Waals surface area contributed by atoms with Crippen LogP contribution in [0.3, 0.4) is 0 Å². The largest absolute Gasteiger partial charge is 0.303 e. The summed E-state index contributed by atoms with van der Waals surface area (Å²) in [4.78, 5) is 2.16. The number of likely N-dealkylation sites (N-methyl/N-ethyl adjacent to an activating group) is 1. The fourth-order valence-electron chi connectivity index (χ4n) is 0.743. The van der Waals surface area contributed by atoms with E-state index in [1.807, 2.05) is 6.08 Å². The van der Waals surface area contributed by atoms with E-state index < -0.39 is 0 Å². The molecule has 0 bridgehead atoms. The summed E-state index contributed by atoms with van der Waals surface area (Å²) in [5, 5.41) is 0. The summed E-state index contributed by atoms with van der Waals surface area (Å²) >= 11 is 0. The first-order chi connectivity index (χ1) is 3.72. The molecule has 9 heavy (non-hydrogen) atoms. The Balaban J connectivity index is 0. The van der Waals surface area contributed by atoms with E-state index in [2.05, 4.69) is 32.5 Å². The number of rotatable bonds is 3. The third-order valence-electron chi connectivity index (χ3n) is 1.35. The summed E-state index contributed by atoms with van der Waals surface area (Å²) in [5.74, 6) is 0. The Morgan fingerprint density at radius 2 is 2.00 bits per heavy atom. The molecule has 0 N–H and O–H groups in total. The number of nitrogens with zero attached hydrogens (tertiary/aromatic N) is 1. The average molecular weight is 150 g/mol. The van der Waals surface area contributed by atoms with Crippen molar-refractivity contribution in [2.75, 3.05) is 14.1 Å². The van der Waals surface area contributed by atoms with E-state index in [-0.39, 0.29) is 12.4 Å². The van der Waals surface area contributed by atoms with Crippen molar-refractivity contribution in [1.29, 1.82) is 0 Å². The van der Waals surface area contributed by atoms with Gasteiger partial charge in [0.2, 0.25) is 0 Å². The third-order valence-corrected chi connectivity index (χ3v) is 1.35. The van der Waals surface area contributed by atoms with Gasteiger partial charge in [-0.05, 0) is 20.5 Å². The van der Waals surface area contributed by atoms with Gasteiger partial charge in [0.15, 0.2) is 0 Å². The first kappa shape index (κ1) is 11.7. The molecule has 0 amide bonds. The van der Waals surface area contributed by atoms with Crippen molar-refractivity contribution < 1.29 is 0 Å². The van der Waals surface area contributed by atoms with Gasteiger partial charge in [-0.15, -0.1) is 19.0 Å². The van der Waals surface area contributed by atoms with E-state index in [4.69, 9.17) is 0 Å². The second-order valence-corrected chi connectivity index (χ2v) is 2.17. The monoisotopic (exact) mass is 149 g/mol. The standard InChI is InChI=1S/C7H15N.ClH/c1-5-7(6-2)8(3)4;/h5,7H,1,6H2,2-4H3;1H. The summed E-state index contributed by atoms with van der Waals surface area (Å²) in [5.41, 5.74) is 0. The molecule has 0 saturated heterocycles. The predicted molar refractivity (Wildman–Crippen MR) is 45.2 cm³/mol. The van der Waals surface area contributed by atoms with Gasteiger partial charge in [-0.3, -0.25) is 0 Å². The van der Waals surface area contributed by atoms with E-state index >= 15 is 0 Å². The highest BCUT2D eigenvalue weighted by Crippen LogP contribution is 1.97. The molecule has 0 spiro atoms. The van der Waals surface area contributed by atoms with Crippen molar-refractivity contribution in [3.05, 3.63) is 12.7 Å². The topological polar surface area (TPSA) is 3.24 Å². The molecule has 0 aromatic heterocycles. The van der Waals surface area contributed by atoms with Crippen molar-refractivity contribution in [3.8, 4) is 0 Å². The summed E-state index contributed by atoms with van der Waals surface area (Å²) in [6, 6.07) is 0.551. The molecule has 0 aliphatic carbocycles. The average Bonchev–Trinajstić information content (AvgIpc) is 1.69. The molecule has 56 valence electrons. The Bertz CT molecular complexity index is 71.3. The number of halogens is 1. The molecule has 0 rings (SSSR count). The lowest BCUT2D eigenvalue weighted by Crippen LogP contribution is -2.24. The van der Waals surface area contributed by atoms with E-state index in [9.17, 15) is 0 Å². The zero-order valence-corrected chi connectivity index (χ0v) is 7.24. The maximum Gasteiger partial charge on any atom is 0.0266 e. The van der Waals surface area contributed by atoms with E-state index in [0.717, 1.165) is 6.42 Å². The minimum atomic E-state index is 0. The van der Waals surface area contributed by atoms with Crippen LogP contribution in [-0.2, 0) is 0 Å². The molecule has 0 aliphatic heterocycles. The van der Waals surface area contributed by atoms with Crippen LogP contribution in [0.25, 0.3) is 0 Å². The maximum atomic E-state index is 3.71. The minimum Gasteiger partial charge on any atom is -0.303 e. The van der Waals surface area contributed by atoms with Gasteiger partial charge in [0.25, 0.3) is 0 Å². The van der Waals surface area contributed by atoms with E-state index in [1.165, 1.54) is 0 Å². The van der Waals surface area contributed by atoms with Gasteiger partial charge >= 0.3 is 0 Å². The zero-order chi connectivity index (χ0) is 6.57. The van der Waals surface area contributed by atoms with Crippen molar-refractivity contribution in [2.45, 2.75) is 19.4 Å². The molecule has 0 heterocycles. The van der Waals surface area contributed by atoms with Crippen LogP contribution in [0.5, 0.6) is 0 Å². The molecule has 0 saturated carbocycles. The third kappa shape index (κ3) is 4.49. The Labute approximate surface area is 64.2 Å². The lowest BCUT2D eigenvalue weighted by Gasteiger charge is -2.17. The predicted octanol–water partition coefficient (Wildman–Crippen LogP) is 1.93. The maximum absolute atomic E-state index is 3.71. The molecule has 0 aromatic rings. The summed E-state index contributed by atoms with van der Waals surface area (Å²) in [7, 11) is 4.13. The summed E-state index contributed by atoms with van der Waals surface area (Å²) in [6.45, 7) is 5.87. The first-order valence-corrected chi connectivity index (χ1v) is 3.01. The summed E-state index contributed by atoms with van der Waals surface area (Å²) in [6.07, 6.45) is 3.12. The molecular weight excluding hydrogens is 134 g/mol. The molecular formula is C7H16ClN. The Morgan fingerprint density at radius 3 is 2.00 bits per heavy atom. The second-order valence-electron chi connectivity index (χ2n) is 2.17. The molecule has 0 aliphatic rings. The quantitative estimate of drug-likeness (QED) is 0.555. The van der Waals surface area contributed by atoms with Crippen molar-refractivity contribution in [3.63, 3.8) is 0 Å². The molecule has 1 nitrogen and oxygen atoms in total. The van der Waals surface area contributed by atoms with Gasteiger partial charge < -0.3 is 4.90 Å². The van der Waals surface area contributed by atoms with Crippen LogP contribution in [0, 0.1) is 0 Å². The van der Waals surface area contributed by atoms with Crippen molar-refractivity contribution >= 4 is 12.4 Å². The van der Waals surface area contributed by atoms with Crippen LogP contribution in [0.1, 0.15) is 13.3 Å². The van der Waals surface area contributed by atoms with E-state index in [0.29, 0.717) is 6.04 Å². The SMILES string of the molecule is C=CC(CC)N(C)C.Cl. The van der Waals surface area contributed by atoms with Crippen LogP contribution in [0.15, 0.2) is 12.7 Å². The highest BCUT2D eigenvalue weighted by Gasteiger charge is 2.00. The smallest absolute Gasteiger partial charge is 0.0266 e. The van der Waals surface area contributed by atoms with Crippen LogP contribution >= 0.6 is 12.4 Å². The Hall–Kier alpha value is -0.0100.